The zero-order valence-electron chi connectivity index (χ0n) is 15.2. The van der Waals surface area contributed by atoms with Crippen LogP contribution in [0, 0.1) is 0 Å². The Balaban J connectivity index is 1.31. The summed E-state index contributed by atoms with van der Waals surface area (Å²) in [7, 11) is 0. The number of rotatable bonds is 6. The van der Waals surface area contributed by atoms with E-state index >= 15 is 0 Å². The minimum absolute atomic E-state index is 0.0962. The van der Waals surface area contributed by atoms with Crippen molar-refractivity contribution in [2.45, 2.75) is 18.9 Å². The van der Waals surface area contributed by atoms with Gasteiger partial charge in [0.25, 0.3) is 0 Å². The Labute approximate surface area is 154 Å². The summed E-state index contributed by atoms with van der Waals surface area (Å²) >= 11 is 0. The minimum Gasteiger partial charge on any atom is -0.368 e. The second kappa shape index (κ2) is 9.54. The summed E-state index contributed by atoms with van der Waals surface area (Å²) in [6.45, 7) is 5.63. The van der Waals surface area contributed by atoms with Crippen LogP contribution in [0.2, 0.25) is 0 Å². The smallest absolute Gasteiger partial charge is 0.250 e. The van der Waals surface area contributed by atoms with Gasteiger partial charge in [-0.3, -0.25) is 9.59 Å². The molecule has 1 unspecified atom stereocenters. The van der Waals surface area contributed by atoms with Gasteiger partial charge in [0.1, 0.15) is 6.10 Å². The average Bonchev–Trinajstić information content (AvgIpc) is 2.72. The molecule has 0 aliphatic carbocycles. The molecule has 142 valence electrons. The third-order valence-corrected chi connectivity index (χ3v) is 4.84. The van der Waals surface area contributed by atoms with E-state index in [1.54, 1.807) is 0 Å². The second-order valence-electron chi connectivity index (χ2n) is 6.66. The van der Waals surface area contributed by atoms with Crippen molar-refractivity contribution < 1.29 is 14.3 Å². The van der Waals surface area contributed by atoms with Crippen LogP contribution in [0.15, 0.2) is 30.3 Å². The molecule has 2 heterocycles. The highest BCUT2D eigenvalue weighted by molar-refractivity contribution is 5.81. The Morgan fingerprint density at radius 3 is 2.62 bits per heavy atom. The Bertz CT molecular complexity index is 582. The lowest BCUT2D eigenvalue weighted by Gasteiger charge is -2.36. The van der Waals surface area contributed by atoms with Gasteiger partial charge >= 0.3 is 0 Å². The number of anilines is 1. The molecule has 1 atom stereocenters. The molecule has 7 nitrogen and oxygen atoms in total. The number of amides is 2. The van der Waals surface area contributed by atoms with Crippen molar-refractivity contribution in [3.05, 3.63) is 30.3 Å². The minimum atomic E-state index is -0.412. The monoisotopic (exact) mass is 360 g/mol. The van der Waals surface area contributed by atoms with E-state index in [-0.39, 0.29) is 11.8 Å². The lowest BCUT2D eigenvalue weighted by atomic mass is 10.2. The number of ether oxygens (including phenoxy) is 1. The predicted molar refractivity (Wildman–Crippen MR) is 100 cm³/mol. The average molecular weight is 360 g/mol. The number of carbonyl (C=O) groups is 2. The van der Waals surface area contributed by atoms with Crippen LogP contribution in [-0.2, 0) is 14.3 Å². The summed E-state index contributed by atoms with van der Waals surface area (Å²) in [5, 5.41) is 5.99. The lowest BCUT2D eigenvalue weighted by molar-refractivity contribution is -0.135. The highest BCUT2D eigenvalue weighted by atomic mass is 16.5. The molecule has 3 rings (SSSR count). The number of morpholine rings is 1. The molecule has 1 aromatic carbocycles. The van der Waals surface area contributed by atoms with Gasteiger partial charge in [0, 0.05) is 57.9 Å². The summed E-state index contributed by atoms with van der Waals surface area (Å²) in [5.41, 5.74) is 1.21. The van der Waals surface area contributed by atoms with Crippen molar-refractivity contribution >= 4 is 17.5 Å². The van der Waals surface area contributed by atoms with Crippen LogP contribution in [-0.4, -0.2) is 75.2 Å². The first-order chi connectivity index (χ1) is 12.7. The normalized spacial score (nSPS) is 20.7. The fourth-order valence-corrected chi connectivity index (χ4v) is 3.31. The standard InChI is InChI=1S/C19H28N4O3/c24-18(7-4-8-21-19(25)17-15-20-9-14-26-17)23-12-10-22(11-13-23)16-5-2-1-3-6-16/h1-3,5-6,17,20H,4,7-15H2,(H,21,25). The number of hydrogen-bond acceptors (Lipinski definition) is 5. The van der Waals surface area contributed by atoms with Gasteiger partial charge in [0.2, 0.25) is 11.8 Å². The number of hydrogen-bond donors (Lipinski definition) is 2. The summed E-state index contributed by atoms with van der Waals surface area (Å²) in [6.07, 6.45) is 0.712. The Morgan fingerprint density at radius 2 is 1.92 bits per heavy atom. The maximum Gasteiger partial charge on any atom is 0.250 e. The van der Waals surface area contributed by atoms with Crippen molar-refractivity contribution in [2.75, 3.05) is 57.3 Å². The first kappa shape index (κ1) is 18.7. The van der Waals surface area contributed by atoms with Crippen molar-refractivity contribution in [1.82, 2.24) is 15.5 Å². The van der Waals surface area contributed by atoms with E-state index in [2.05, 4.69) is 27.7 Å². The first-order valence-corrected chi connectivity index (χ1v) is 9.42. The molecule has 0 saturated carbocycles. The fourth-order valence-electron chi connectivity index (χ4n) is 3.31. The molecule has 0 bridgehead atoms. The molecule has 2 saturated heterocycles. The van der Waals surface area contributed by atoms with Gasteiger partial charge in [-0.05, 0) is 18.6 Å². The molecule has 2 fully saturated rings. The predicted octanol–water partition coefficient (Wildman–Crippen LogP) is 0.220. The molecule has 7 heteroatoms. The van der Waals surface area contributed by atoms with Crippen LogP contribution >= 0.6 is 0 Å². The second-order valence-corrected chi connectivity index (χ2v) is 6.66. The molecule has 2 amide bonds. The van der Waals surface area contributed by atoms with E-state index in [0.717, 1.165) is 32.7 Å². The van der Waals surface area contributed by atoms with E-state index in [4.69, 9.17) is 4.74 Å². The molecule has 0 aromatic heterocycles. The SMILES string of the molecule is O=C(NCCCC(=O)N1CCN(c2ccccc2)CC1)C1CNCCO1. The van der Waals surface area contributed by atoms with Crippen molar-refractivity contribution in [2.24, 2.45) is 0 Å². The zero-order valence-corrected chi connectivity index (χ0v) is 15.2. The molecule has 0 spiro atoms. The molecule has 26 heavy (non-hydrogen) atoms. The fraction of sp³-hybridized carbons (Fsp3) is 0.579. The Morgan fingerprint density at radius 1 is 1.15 bits per heavy atom. The molecule has 2 aliphatic heterocycles. The number of benzene rings is 1. The number of nitrogens with one attached hydrogen (secondary N) is 2. The Hall–Kier alpha value is -2.12. The van der Waals surface area contributed by atoms with Crippen molar-refractivity contribution in [1.29, 1.82) is 0 Å². The highest BCUT2D eigenvalue weighted by Crippen LogP contribution is 2.16. The van der Waals surface area contributed by atoms with E-state index in [1.807, 2.05) is 23.1 Å². The third kappa shape index (κ3) is 5.19. The zero-order chi connectivity index (χ0) is 18.2. The van der Waals surface area contributed by atoms with Crippen LogP contribution in [0.3, 0.4) is 0 Å². The third-order valence-electron chi connectivity index (χ3n) is 4.84. The number of nitrogens with zero attached hydrogens (tertiary/aromatic N) is 2. The van der Waals surface area contributed by atoms with Crippen LogP contribution in [0.1, 0.15) is 12.8 Å². The number of piperazine rings is 1. The van der Waals surface area contributed by atoms with E-state index in [9.17, 15) is 9.59 Å². The summed E-state index contributed by atoms with van der Waals surface area (Å²) in [6, 6.07) is 10.3. The van der Waals surface area contributed by atoms with Crippen molar-refractivity contribution in [3.63, 3.8) is 0 Å². The van der Waals surface area contributed by atoms with Crippen LogP contribution in [0.25, 0.3) is 0 Å². The van der Waals surface area contributed by atoms with Gasteiger partial charge in [0.05, 0.1) is 6.61 Å². The van der Waals surface area contributed by atoms with Gasteiger partial charge in [-0.1, -0.05) is 18.2 Å². The number of para-hydroxylation sites is 1. The largest absolute Gasteiger partial charge is 0.368 e. The van der Waals surface area contributed by atoms with E-state index in [0.29, 0.717) is 32.5 Å². The quantitative estimate of drug-likeness (QED) is 0.710. The molecular weight excluding hydrogens is 332 g/mol. The first-order valence-electron chi connectivity index (χ1n) is 9.42. The molecule has 0 radical (unpaired) electrons. The van der Waals surface area contributed by atoms with E-state index in [1.165, 1.54) is 5.69 Å². The van der Waals surface area contributed by atoms with Gasteiger partial charge in [-0.25, -0.2) is 0 Å². The van der Waals surface area contributed by atoms with Crippen LogP contribution < -0.4 is 15.5 Å². The summed E-state index contributed by atoms with van der Waals surface area (Å²) < 4.78 is 5.41. The maximum absolute atomic E-state index is 12.3. The molecule has 1 aromatic rings. The maximum atomic E-state index is 12.3. The van der Waals surface area contributed by atoms with E-state index < -0.39 is 6.10 Å². The van der Waals surface area contributed by atoms with Gasteiger partial charge in [0.15, 0.2) is 0 Å². The van der Waals surface area contributed by atoms with Gasteiger partial charge < -0.3 is 25.2 Å². The van der Waals surface area contributed by atoms with Crippen LogP contribution in [0.5, 0.6) is 0 Å². The molecular formula is C19H28N4O3. The summed E-state index contributed by atoms with van der Waals surface area (Å²) in [5.74, 6) is 0.0728. The lowest BCUT2D eigenvalue weighted by Crippen LogP contribution is -2.49. The number of carbonyl (C=O) groups excluding carboxylic acids is 2. The molecule has 2 aliphatic rings. The summed E-state index contributed by atoms with van der Waals surface area (Å²) in [4.78, 5) is 28.5. The topological polar surface area (TPSA) is 73.9 Å². The Kier molecular flexibility index (Phi) is 6.85. The van der Waals surface area contributed by atoms with Crippen molar-refractivity contribution in [3.8, 4) is 0 Å². The van der Waals surface area contributed by atoms with Gasteiger partial charge in [-0.15, -0.1) is 0 Å². The van der Waals surface area contributed by atoms with Gasteiger partial charge in [-0.2, -0.15) is 0 Å². The molecule has 2 N–H and O–H groups in total. The highest BCUT2D eigenvalue weighted by Gasteiger charge is 2.22. The van der Waals surface area contributed by atoms with Crippen LogP contribution in [0.4, 0.5) is 5.69 Å².